The molecule has 6 N–H and O–H groups in total. The SMILES string of the molecule is CC(=O)O/N=C(\N)c1ccc(CCC(=O)[C@H](C)NC(=O)[C@@H]2CC[C@@H](c3ccccc3)C2)cc1.CC(=O)O/N=C(\N)c1ccc(CCC(=O)[C@H](C)NC(=O)[C@@H]2CC[C@@H](c3ccccc3)C2)cc1. The molecule has 4 aromatic rings. The van der Waals surface area contributed by atoms with E-state index in [1.807, 2.05) is 60.7 Å². The minimum Gasteiger partial charge on any atom is -0.380 e. The van der Waals surface area contributed by atoms with Gasteiger partial charge < -0.3 is 31.8 Å². The van der Waals surface area contributed by atoms with Gasteiger partial charge >= 0.3 is 11.9 Å². The van der Waals surface area contributed by atoms with Crippen molar-refractivity contribution in [1.82, 2.24) is 10.6 Å². The molecule has 0 radical (unpaired) electrons. The Morgan fingerprint density at radius 3 is 1.23 bits per heavy atom. The second kappa shape index (κ2) is 24.9. The summed E-state index contributed by atoms with van der Waals surface area (Å²) in [7, 11) is 0. The molecule has 0 bridgehead atoms. The van der Waals surface area contributed by atoms with Gasteiger partial charge in [0, 0.05) is 49.7 Å². The number of nitrogens with one attached hydrogen (secondary N) is 2. The molecule has 2 fully saturated rings. The summed E-state index contributed by atoms with van der Waals surface area (Å²) in [5.74, 6) is -0.209. The Kier molecular flexibility index (Phi) is 18.9. The van der Waals surface area contributed by atoms with Gasteiger partial charge in [0.25, 0.3) is 0 Å². The van der Waals surface area contributed by atoms with Crippen molar-refractivity contribution in [2.45, 2.75) is 116 Å². The molecule has 2 saturated carbocycles. The van der Waals surface area contributed by atoms with Crippen molar-refractivity contribution in [3.63, 3.8) is 0 Å². The number of aryl methyl sites for hydroxylation is 2. The minimum absolute atomic E-state index is 0.000896. The molecule has 0 spiro atoms. The fourth-order valence-electron chi connectivity index (χ4n) is 8.30. The maximum Gasteiger partial charge on any atom is 0.332 e. The second-order valence-corrected chi connectivity index (χ2v) is 17.1. The lowest BCUT2D eigenvalue weighted by atomic mass is 9.96. The lowest BCUT2D eigenvalue weighted by molar-refractivity contribution is -0.141. The highest BCUT2D eigenvalue weighted by Gasteiger charge is 2.33. The molecule has 4 aromatic carbocycles. The molecule has 0 aliphatic heterocycles. The zero-order valence-corrected chi connectivity index (χ0v) is 38.2. The highest BCUT2D eigenvalue weighted by atomic mass is 16.7. The molecule has 66 heavy (non-hydrogen) atoms. The molecular weight excluding hydrogens is 837 g/mol. The number of benzene rings is 4. The number of carbonyl (C=O) groups is 6. The second-order valence-electron chi connectivity index (χ2n) is 17.1. The van der Waals surface area contributed by atoms with E-state index >= 15 is 0 Å². The van der Waals surface area contributed by atoms with Crippen LogP contribution in [0.4, 0.5) is 0 Å². The summed E-state index contributed by atoms with van der Waals surface area (Å²) in [6.45, 7) is 5.99. The first-order valence-electron chi connectivity index (χ1n) is 22.6. The molecule has 0 heterocycles. The Morgan fingerprint density at radius 2 is 0.894 bits per heavy atom. The van der Waals surface area contributed by atoms with Gasteiger partial charge in [-0.05, 0) is 99.3 Å². The third-order valence-corrected chi connectivity index (χ3v) is 12.2. The van der Waals surface area contributed by atoms with Gasteiger partial charge in [-0.1, -0.05) is 120 Å². The van der Waals surface area contributed by atoms with Gasteiger partial charge in [-0.2, -0.15) is 0 Å². The molecule has 2 amide bonds. The fourth-order valence-corrected chi connectivity index (χ4v) is 8.30. The first-order chi connectivity index (χ1) is 31.7. The number of carbonyl (C=O) groups excluding carboxylic acids is 6. The fraction of sp³-hybridized carbons (Fsp3) is 0.385. The van der Waals surface area contributed by atoms with Gasteiger partial charge in [0.1, 0.15) is 0 Å². The summed E-state index contributed by atoms with van der Waals surface area (Å²) >= 11 is 0. The van der Waals surface area contributed by atoms with Crippen LogP contribution in [0.3, 0.4) is 0 Å². The number of nitrogens with two attached hydrogens (primary N) is 2. The van der Waals surface area contributed by atoms with Crippen LogP contribution in [-0.4, -0.2) is 59.1 Å². The largest absolute Gasteiger partial charge is 0.380 e. The molecule has 14 heteroatoms. The predicted octanol–water partition coefficient (Wildman–Crippen LogP) is 6.92. The minimum atomic E-state index is -0.543. The molecule has 14 nitrogen and oxygen atoms in total. The summed E-state index contributed by atoms with van der Waals surface area (Å²) < 4.78 is 0. The number of oxime groups is 2. The van der Waals surface area contributed by atoms with Gasteiger partial charge in [-0.3, -0.25) is 19.2 Å². The van der Waals surface area contributed by atoms with E-state index in [1.54, 1.807) is 38.1 Å². The Hall–Kier alpha value is -6.96. The summed E-state index contributed by atoms with van der Waals surface area (Å²) in [6.07, 6.45) is 7.11. The molecule has 2 aliphatic rings. The maximum absolute atomic E-state index is 12.7. The van der Waals surface area contributed by atoms with Gasteiger partial charge in [0.2, 0.25) is 11.8 Å². The van der Waals surface area contributed by atoms with Gasteiger partial charge in [-0.25, -0.2) is 9.59 Å². The van der Waals surface area contributed by atoms with E-state index in [0.717, 1.165) is 49.7 Å². The van der Waals surface area contributed by atoms with Gasteiger partial charge in [-0.15, -0.1) is 0 Å². The number of nitrogens with zero attached hydrogens (tertiary/aromatic N) is 2. The average Bonchev–Trinajstić information content (AvgIpc) is 4.04. The topological polar surface area (TPSA) is 222 Å². The molecule has 0 aromatic heterocycles. The van der Waals surface area contributed by atoms with Crippen LogP contribution < -0.4 is 22.1 Å². The number of ketones is 2. The van der Waals surface area contributed by atoms with Crippen molar-refractivity contribution in [1.29, 1.82) is 0 Å². The number of Topliss-reactive ketones (excluding diaryl/α,β-unsaturated/α-hetero) is 2. The van der Waals surface area contributed by atoms with E-state index in [-0.39, 0.29) is 46.9 Å². The van der Waals surface area contributed by atoms with E-state index in [2.05, 4.69) is 54.9 Å². The van der Waals surface area contributed by atoms with Crippen LogP contribution in [0.5, 0.6) is 0 Å². The third kappa shape index (κ3) is 15.6. The van der Waals surface area contributed by atoms with Crippen LogP contribution in [0.25, 0.3) is 0 Å². The van der Waals surface area contributed by atoms with Crippen molar-refractivity contribution in [2.24, 2.45) is 33.6 Å². The first-order valence-corrected chi connectivity index (χ1v) is 22.6. The molecule has 6 atom stereocenters. The summed E-state index contributed by atoms with van der Waals surface area (Å²) in [4.78, 5) is 81.2. The van der Waals surface area contributed by atoms with Crippen LogP contribution in [0, 0.1) is 11.8 Å². The average molecular weight is 899 g/mol. The smallest absolute Gasteiger partial charge is 0.332 e. The summed E-state index contributed by atoms with van der Waals surface area (Å²) in [5, 5.41) is 12.9. The van der Waals surface area contributed by atoms with Crippen molar-refractivity contribution in [3.8, 4) is 0 Å². The monoisotopic (exact) mass is 898 g/mol. The Bertz CT molecular complexity index is 2170. The van der Waals surface area contributed by atoms with Crippen LogP contribution in [0.1, 0.15) is 124 Å². The van der Waals surface area contributed by atoms with Gasteiger partial charge in [0.15, 0.2) is 23.2 Å². The molecule has 2 aliphatic carbocycles. The molecule has 0 saturated heterocycles. The van der Waals surface area contributed by atoms with Crippen LogP contribution in [0.15, 0.2) is 120 Å². The quantitative estimate of drug-likeness (QED) is 0.0349. The highest BCUT2D eigenvalue weighted by Crippen LogP contribution is 2.39. The summed E-state index contributed by atoms with van der Waals surface area (Å²) in [5.41, 5.74) is 17.3. The normalized spacial score (nSPS) is 19.0. The van der Waals surface area contributed by atoms with Crippen molar-refractivity contribution < 1.29 is 38.4 Å². The van der Waals surface area contributed by atoms with Crippen molar-refractivity contribution >= 4 is 47.0 Å². The zero-order chi connectivity index (χ0) is 47.6. The Labute approximate surface area is 386 Å². The molecule has 348 valence electrons. The molecule has 6 rings (SSSR count). The van der Waals surface area contributed by atoms with E-state index in [1.165, 1.54) is 25.0 Å². The lowest BCUT2D eigenvalue weighted by Gasteiger charge is -2.17. The highest BCUT2D eigenvalue weighted by molar-refractivity contribution is 5.98. The zero-order valence-electron chi connectivity index (χ0n) is 38.2. The van der Waals surface area contributed by atoms with Crippen LogP contribution in [0.2, 0.25) is 0 Å². The van der Waals surface area contributed by atoms with Crippen molar-refractivity contribution in [3.05, 3.63) is 143 Å². The first kappa shape index (κ1) is 50.0. The van der Waals surface area contributed by atoms with E-state index < -0.39 is 24.0 Å². The van der Waals surface area contributed by atoms with E-state index in [4.69, 9.17) is 11.5 Å². The number of amidine groups is 2. The molecular formula is C52H62N6O8. The van der Waals surface area contributed by atoms with Gasteiger partial charge in [0.05, 0.1) is 12.1 Å². The number of amides is 2. The lowest BCUT2D eigenvalue weighted by Crippen LogP contribution is -2.41. The standard InChI is InChI=1S/2C26H31N3O4/c2*1-17(28-26(32)23-14-13-22(16-23)20-6-4-3-5-7-20)24(31)15-10-19-8-11-21(12-9-19)25(27)29-33-18(2)30/h2*3-9,11-12,17,22-23H,10,13-16H2,1-2H3,(H2,27,29)(H,28,32)/t2*17-,22+,23+/m00/s1. The summed E-state index contributed by atoms with van der Waals surface area (Å²) in [6, 6.07) is 34.0. The van der Waals surface area contributed by atoms with Crippen molar-refractivity contribution in [2.75, 3.05) is 0 Å². The number of rotatable bonds is 18. The van der Waals surface area contributed by atoms with Crippen LogP contribution >= 0.6 is 0 Å². The Balaban J connectivity index is 0.000000247. The number of hydrogen-bond donors (Lipinski definition) is 4. The van der Waals surface area contributed by atoms with Crippen LogP contribution in [-0.2, 0) is 51.3 Å². The number of hydrogen-bond acceptors (Lipinski definition) is 10. The van der Waals surface area contributed by atoms with E-state index in [9.17, 15) is 28.8 Å². The third-order valence-electron chi connectivity index (χ3n) is 12.2. The Morgan fingerprint density at radius 1 is 0.545 bits per heavy atom. The van der Waals surface area contributed by atoms with E-state index in [0.29, 0.717) is 48.6 Å². The predicted molar refractivity (Wildman–Crippen MR) is 253 cm³/mol. The molecule has 0 unspecified atom stereocenters. The maximum atomic E-state index is 12.7.